The predicted octanol–water partition coefficient (Wildman–Crippen LogP) is 3.52. The van der Waals surface area contributed by atoms with Gasteiger partial charge in [-0.05, 0) is 29.1 Å². The molecule has 0 radical (unpaired) electrons. The molecule has 0 aromatic heterocycles. The van der Waals surface area contributed by atoms with Crippen LogP contribution in [0, 0.1) is 0 Å². The summed E-state index contributed by atoms with van der Waals surface area (Å²) in [6, 6.07) is 16.4. The lowest BCUT2D eigenvalue weighted by molar-refractivity contribution is 0.0698. The fraction of sp³-hybridized carbons (Fsp3) is 0.105. The SMILES string of the molecule is COc1cccc2ccc(CS(=O)(=O)c3ccccc3)c(C(=O)O)c12. The van der Waals surface area contributed by atoms with Crippen LogP contribution in [-0.2, 0) is 15.6 Å². The molecule has 0 amide bonds. The van der Waals surface area contributed by atoms with Gasteiger partial charge in [0.1, 0.15) is 5.75 Å². The van der Waals surface area contributed by atoms with Crippen LogP contribution in [0.2, 0.25) is 0 Å². The fourth-order valence-corrected chi connectivity index (χ4v) is 4.23. The number of hydrogen-bond donors (Lipinski definition) is 1. The zero-order valence-electron chi connectivity index (χ0n) is 13.5. The van der Waals surface area contributed by atoms with Gasteiger partial charge in [-0.3, -0.25) is 0 Å². The lowest BCUT2D eigenvalue weighted by Gasteiger charge is -2.13. The third kappa shape index (κ3) is 3.21. The first-order chi connectivity index (χ1) is 11.9. The van der Waals surface area contributed by atoms with E-state index in [0.717, 1.165) is 0 Å². The first-order valence-electron chi connectivity index (χ1n) is 7.54. The molecule has 128 valence electrons. The minimum Gasteiger partial charge on any atom is -0.496 e. The van der Waals surface area contributed by atoms with Crippen LogP contribution in [0.25, 0.3) is 10.8 Å². The van der Waals surface area contributed by atoms with E-state index in [1.54, 1.807) is 48.5 Å². The molecule has 0 fully saturated rings. The zero-order chi connectivity index (χ0) is 18.0. The highest BCUT2D eigenvalue weighted by atomic mass is 32.2. The third-order valence-corrected chi connectivity index (χ3v) is 5.66. The first kappa shape index (κ1) is 17.0. The van der Waals surface area contributed by atoms with E-state index in [9.17, 15) is 18.3 Å². The summed E-state index contributed by atoms with van der Waals surface area (Å²) >= 11 is 0. The van der Waals surface area contributed by atoms with Crippen LogP contribution in [-0.4, -0.2) is 26.6 Å². The molecule has 0 heterocycles. The van der Waals surface area contributed by atoms with Crippen LogP contribution >= 0.6 is 0 Å². The number of hydrogen-bond acceptors (Lipinski definition) is 4. The van der Waals surface area contributed by atoms with Crippen molar-refractivity contribution in [2.24, 2.45) is 0 Å². The van der Waals surface area contributed by atoms with Crippen molar-refractivity contribution in [1.29, 1.82) is 0 Å². The highest BCUT2D eigenvalue weighted by molar-refractivity contribution is 7.90. The summed E-state index contributed by atoms with van der Waals surface area (Å²) in [6.07, 6.45) is 0. The molecule has 6 heteroatoms. The van der Waals surface area contributed by atoms with Crippen LogP contribution in [0.15, 0.2) is 65.6 Å². The maximum absolute atomic E-state index is 12.6. The van der Waals surface area contributed by atoms with Crippen LogP contribution in [0.4, 0.5) is 0 Å². The Morgan fingerprint density at radius 1 is 1.00 bits per heavy atom. The number of benzene rings is 3. The van der Waals surface area contributed by atoms with Gasteiger partial charge in [0.05, 0.1) is 23.3 Å². The van der Waals surface area contributed by atoms with E-state index in [0.29, 0.717) is 16.5 Å². The Hall–Kier alpha value is -2.86. The average Bonchev–Trinajstić information content (AvgIpc) is 2.61. The Kier molecular flexibility index (Phi) is 4.46. The lowest BCUT2D eigenvalue weighted by Crippen LogP contribution is -2.10. The van der Waals surface area contributed by atoms with Crippen molar-refractivity contribution in [3.63, 3.8) is 0 Å². The summed E-state index contributed by atoms with van der Waals surface area (Å²) < 4.78 is 30.6. The number of rotatable bonds is 5. The van der Waals surface area contributed by atoms with E-state index in [-0.39, 0.29) is 16.0 Å². The standard InChI is InChI=1S/C19H16O5S/c1-24-16-9-5-6-13-10-11-14(18(17(13)16)19(20)21)12-25(22,23)15-7-3-2-4-8-15/h2-11H,12H2,1H3,(H,20,21). The van der Waals surface area contributed by atoms with E-state index in [1.807, 2.05) is 0 Å². The van der Waals surface area contributed by atoms with Gasteiger partial charge in [-0.15, -0.1) is 0 Å². The molecule has 0 bridgehead atoms. The molecule has 0 atom stereocenters. The van der Waals surface area contributed by atoms with Crippen LogP contribution in [0.3, 0.4) is 0 Å². The van der Waals surface area contributed by atoms with Crippen LogP contribution in [0.1, 0.15) is 15.9 Å². The van der Waals surface area contributed by atoms with E-state index < -0.39 is 21.6 Å². The summed E-state index contributed by atoms with van der Waals surface area (Å²) in [4.78, 5) is 12.0. The van der Waals surface area contributed by atoms with E-state index in [2.05, 4.69) is 0 Å². The summed E-state index contributed by atoms with van der Waals surface area (Å²) in [5, 5.41) is 10.8. The van der Waals surface area contributed by atoms with Crippen LogP contribution in [0.5, 0.6) is 5.75 Å². The van der Waals surface area contributed by atoms with E-state index in [4.69, 9.17) is 4.74 Å². The van der Waals surface area contributed by atoms with Gasteiger partial charge >= 0.3 is 5.97 Å². The number of fused-ring (bicyclic) bond motifs is 1. The summed E-state index contributed by atoms with van der Waals surface area (Å²) in [7, 11) is -2.21. The molecule has 0 saturated carbocycles. The predicted molar refractivity (Wildman–Crippen MR) is 94.8 cm³/mol. The molecule has 0 aliphatic carbocycles. The Morgan fingerprint density at radius 3 is 2.36 bits per heavy atom. The van der Waals surface area contributed by atoms with E-state index >= 15 is 0 Å². The Labute approximate surface area is 145 Å². The van der Waals surface area contributed by atoms with Crippen molar-refractivity contribution >= 4 is 26.6 Å². The highest BCUT2D eigenvalue weighted by Gasteiger charge is 2.23. The highest BCUT2D eigenvalue weighted by Crippen LogP contribution is 2.32. The molecule has 5 nitrogen and oxygen atoms in total. The summed E-state index contributed by atoms with van der Waals surface area (Å²) in [5.41, 5.74) is 0.183. The smallest absolute Gasteiger partial charge is 0.336 e. The lowest BCUT2D eigenvalue weighted by atomic mass is 9.99. The largest absolute Gasteiger partial charge is 0.496 e. The molecular formula is C19H16O5S. The minimum absolute atomic E-state index is 0.0468. The summed E-state index contributed by atoms with van der Waals surface area (Å²) in [5.74, 6) is -1.19. The number of carboxylic acid groups (broad SMARTS) is 1. The molecular weight excluding hydrogens is 340 g/mol. The number of methoxy groups -OCH3 is 1. The zero-order valence-corrected chi connectivity index (χ0v) is 14.3. The number of sulfone groups is 1. The van der Waals surface area contributed by atoms with Gasteiger partial charge in [0, 0.05) is 5.39 Å². The third-order valence-electron chi connectivity index (χ3n) is 3.98. The van der Waals surface area contributed by atoms with Crippen LogP contribution < -0.4 is 4.74 Å². The quantitative estimate of drug-likeness (QED) is 0.756. The van der Waals surface area contributed by atoms with Crippen molar-refractivity contribution in [1.82, 2.24) is 0 Å². The van der Waals surface area contributed by atoms with E-state index in [1.165, 1.54) is 19.2 Å². The number of carbonyl (C=O) groups is 1. The molecule has 25 heavy (non-hydrogen) atoms. The molecule has 0 unspecified atom stereocenters. The molecule has 0 aliphatic rings. The second kappa shape index (κ2) is 6.57. The maximum Gasteiger partial charge on any atom is 0.336 e. The number of carboxylic acids is 1. The van der Waals surface area contributed by atoms with Gasteiger partial charge in [0.25, 0.3) is 0 Å². The Morgan fingerprint density at radius 2 is 1.72 bits per heavy atom. The monoisotopic (exact) mass is 356 g/mol. The van der Waals surface area contributed by atoms with Crippen molar-refractivity contribution in [3.05, 3.63) is 71.8 Å². The van der Waals surface area contributed by atoms with Gasteiger partial charge in [-0.25, -0.2) is 13.2 Å². The normalized spacial score (nSPS) is 11.4. The second-order valence-electron chi connectivity index (χ2n) is 5.54. The first-order valence-corrected chi connectivity index (χ1v) is 9.19. The minimum atomic E-state index is -3.66. The number of aromatic carboxylic acids is 1. The topological polar surface area (TPSA) is 80.7 Å². The van der Waals surface area contributed by atoms with Gasteiger partial charge in [-0.1, -0.05) is 42.5 Å². The molecule has 1 N–H and O–H groups in total. The Bertz CT molecular complexity index is 1040. The fourth-order valence-electron chi connectivity index (χ4n) is 2.84. The van der Waals surface area contributed by atoms with Gasteiger partial charge < -0.3 is 9.84 Å². The van der Waals surface area contributed by atoms with Gasteiger partial charge in [-0.2, -0.15) is 0 Å². The molecule has 3 aromatic carbocycles. The molecule has 3 aromatic rings. The van der Waals surface area contributed by atoms with Crippen molar-refractivity contribution in [3.8, 4) is 5.75 Å². The average molecular weight is 356 g/mol. The van der Waals surface area contributed by atoms with Gasteiger partial charge in [0.15, 0.2) is 9.84 Å². The maximum atomic E-state index is 12.6. The van der Waals surface area contributed by atoms with Crippen molar-refractivity contribution < 1.29 is 23.1 Å². The van der Waals surface area contributed by atoms with Crippen molar-refractivity contribution in [2.75, 3.05) is 7.11 Å². The molecule has 0 aliphatic heterocycles. The molecule has 0 saturated heterocycles. The number of ether oxygens (including phenoxy) is 1. The Balaban J connectivity index is 2.20. The second-order valence-corrected chi connectivity index (χ2v) is 7.52. The van der Waals surface area contributed by atoms with Gasteiger partial charge in [0.2, 0.25) is 0 Å². The molecule has 3 rings (SSSR count). The van der Waals surface area contributed by atoms with Crippen molar-refractivity contribution in [2.45, 2.75) is 10.6 Å². The summed E-state index contributed by atoms with van der Waals surface area (Å²) in [6.45, 7) is 0. The molecule has 0 spiro atoms.